The van der Waals surface area contributed by atoms with Crippen LogP contribution in [0.15, 0.2) is 35.1 Å². The van der Waals surface area contributed by atoms with Crippen LogP contribution in [0.1, 0.15) is 17.2 Å². The van der Waals surface area contributed by atoms with Crippen LogP contribution in [0.4, 0.5) is 4.39 Å². The molecule has 0 amide bonds. The first-order valence-electron chi connectivity index (χ1n) is 5.98. The predicted molar refractivity (Wildman–Crippen MR) is 75.7 cm³/mol. The number of alkyl halides is 1. The van der Waals surface area contributed by atoms with Crippen molar-refractivity contribution in [1.29, 1.82) is 0 Å². The normalized spacial score (nSPS) is 18.4. The smallest absolute Gasteiger partial charge is 0.195 e. The first-order chi connectivity index (χ1) is 9.11. The number of halogens is 2. The minimum absolute atomic E-state index is 0.220. The van der Waals surface area contributed by atoms with Crippen molar-refractivity contribution in [3.8, 4) is 0 Å². The predicted octanol–water partition coefficient (Wildman–Crippen LogP) is 2.01. The number of hydrogen-bond donors (Lipinski definition) is 3. The first-order valence-corrected chi connectivity index (χ1v) is 6.36. The Labute approximate surface area is 116 Å². The van der Waals surface area contributed by atoms with Crippen molar-refractivity contribution in [3.05, 3.63) is 46.2 Å². The Morgan fingerprint density at radius 3 is 3.05 bits per heavy atom. The molecule has 0 aliphatic carbocycles. The monoisotopic (exact) mass is 282 g/mol. The minimum Gasteiger partial charge on any atom is -0.370 e. The molecule has 4 N–H and O–H groups in total. The largest absolute Gasteiger partial charge is 0.370 e. The van der Waals surface area contributed by atoms with E-state index in [1.807, 2.05) is 31.2 Å². The van der Waals surface area contributed by atoms with Crippen LogP contribution in [0, 0.1) is 6.92 Å². The Kier molecular flexibility index (Phi) is 4.27. The summed E-state index contributed by atoms with van der Waals surface area (Å²) in [5.41, 5.74) is 7.69. The SMILES string of the molecule is Cc1c(Cl)cccc1C1C=C(NCCF)NC(N)=N1. The zero-order chi connectivity index (χ0) is 13.8. The number of hydrogen-bond acceptors (Lipinski definition) is 4. The average Bonchev–Trinajstić information content (AvgIpc) is 2.39. The number of nitrogens with two attached hydrogens (primary N) is 1. The lowest BCUT2D eigenvalue weighted by atomic mass is 10.0. The molecule has 0 radical (unpaired) electrons. The number of benzene rings is 1. The molecule has 1 atom stereocenters. The van der Waals surface area contributed by atoms with Crippen molar-refractivity contribution in [2.45, 2.75) is 13.0 Å². The molecule has 1 aromatic rings. The molecule has 1 heterocycles. The van der Waals surface area contributed by atoms with Crippen molar-refractivity contribution < 1.29 is 4.39 Å². The van der Waals surface area contributed by atoms with Crippen LogP contribution in [0.25, 0.3) is 0 Å². The van der Waals surface area contributed by atoms with E-state index in [0.29, 0.717) is 16.8 Å². The van der Waals surface area contributed by atoms with E-state index < -0.39 is 6.67 Å². The fourth-order valence-electron chi connectivity index (χ4n) is 1.95. The number of nitrogens with zero attached hydrogens (tertiary/aromatic N) is 1. The average molecular weight is 283 g/mol. The quantitative estimate of drug-likeness (QED) is 0.792. The second-order valence-electron chi connectivity index (χ2n) is 4.23. The van der Waals surface area contributed by atoms with Crippen molar-refractivity contribution in [1.82, 2.24) is 10.6 Å². The summed E-state index contributed by atoms with van der Waals surface area (Å²) < 4.78 is 12.2. The molecule has 1 aliphatic heterocycles. The fourth-order valence-corrected chi connectivity index (χ4v) is 2.13. The highest BCUT2D eigenvalue weighted by atomic mass is 35.5. The van der Waals surface area contributed by atoms with Crippen molar-refractivity contribution >= 4 is 17.6 Å². The summed E-state index contributed by atoms with van der Waals surface area (Å²) in [6.07, 6.45) is 1.87. The Bertz CT molecular complexity index is 527. The lowest BCUT2D eigenvalue weighted by Gasteiger charge is -2.22. The van der Waals surface area contributed by atoms with Gasteiger partial charge in [0.2, 0.25) is 0 Å². The lowest BCUT2D eigenvalue weighted by molar-refractivity contribution is 0.478. The van der Waals surface area contributed by atoms with Crippen LogP contribution in [0.3, 0.4) is 0 Å². The van der Waals surface area contributed by atoms with Gasteiger partial charge in [0.25, 0.3) is 0 Å². The van der Waals surface area contributed by atoms with Gasteiger partial charge in [-0.3, -0.25) is 0 Å². The summed E-state index contributed by atoms with van der Waals surface area (Å²) in [5.74, 6) is 0.961. The molecule has 1 aromatic carbocycles. The summed E-state index contributed by atoms with van der Waals surface area (Å²) in [4.78, 5) is 4.33. The van der Waals surface area contributed by atoms with E-state index in [4.69, 9.17) is 17.3 Å². The van der Waals surface area contributed by atoms with E-state index in [0.717, 1.165) is 11.1 Å². The van der Waals surface area contributed by atoms with Gasteiger partial charge in [-0.25, -0.2) is 9.38 Å². The van der Waals surface area contributed by atoms with Gasteiger partial charge in [0.1, 0.15) is 18.5 Å². The van der Waals surface area contributed by atoms with Gasteiger partial charge < -0.3 is 16.4 Å². The summed E-state index contributed by atoms with van der Waals surface area (Å²) >= 11 is 6.11. The number of nitrogens with one attached hydrogen (secondary N) is 2. The molecule has 0 spiro atoms. The molecule has 2 rings (SSSR count). The molecule has 102 valence electrons. The van der Waals surface area contributed by atoms with Crippen LogP contribution in [-0.4, -0.2) is 19.2 Å². The van der Waals surface area contributed by atoms with Gasteiger partial charge in [-0.05, 0) is 30.2 Å². The molecule has 1 unspecified atom stereocenters. The number of rotatable bonds is 4. The standard InChI is InChI=1S/C13H16ClFN4/c1-8-9(3-2-4-10(8)14)11-7-12(17-6-5-15)19-13(16)18-11/h2-4,7,11,17H,5-6H2,1H3,(H3,16,18,19). The van der Waals surface area contributed by atoms with Crippen molar-refractivity contribution in [2.75, 3.05) is 13.2 Å². The number of guanidine groups is 1. The fraction of sp³-hybridized carbons (Fsp3) is 0.308. The van der Waals surface area contributed by atoms with Gasteiger partial charge in [-0.2, -0.15) is 0 Å². The molecule has 4 nitrogen and oxygen atoms in total. The third kappa shape index (κ3) is 3.17. The Hall–Kier alpha value is -1.75. The van der Waals surface area contributed by atoms with Crippen molar-refractivity contribution in [2.24, 2.45) is 10.7 Å². The van der Waals surface area contributed by atoms with Crippen LogP contribution >= 0.6 is 11.6 Å². The summed E-state index contributed by atoms with van der Waals surface area (Å²) in [5, 5.41) is 6.47. The van der Waals surface area contributed by atoms with E-state index >= 15 is 0 Å². The van der Waals surface area contributed by atoms with E-state index in [1.165, 1.54) is 0 Å². The van der Waals surface area contributed by atoms with E-state index in [-0.39, 0.29) is 12.6 Å². The molecule has 1 aliphatic rings. The van der Waals surface area contributed by atoms with Gasteiger partial charge in [0.05, 0.1) is 0 Å². The second-order valence-corrected chi connectivity index (χ2v) is 4.64. The highest BCUT2D eigenvalue weighted by molar-refractivity contribution is 6.31. The Morgan fingerprint density at radius 2 is 2.32 bits per heavy atom. The van der Waals surface area contributed by atoms with E-state index in [1.54, 1.807) is 0 Å². The van der Waals surface area contributed by atoms with Gasteiger partial charge in [-0.15, -0.1) is 0 Å². The van der Waals surface area contributed by atoms with Crippen LogP contribution < -0.4 is 16.4 Å². The van der Waals surface area contributed by atoms with Gasteiger partial charge >= 0.3 is 0 Å². The third-order valence-corrected chi connectivity index (χ3v) is 3.31. The molecule has 0 fully saturated rings. The zero-order valence-electron chi connectivity index (χ0n) is 10.6. The molecule has 19 heavy (non-hydrogen) atoms. The molecular weight excluding hydrogens is 267 g/mol. The van der Waals surface area contributed by atoms with Crippen LogP contribution in [0.2, 0.25) is 5.02 Å². The highest BCUT2D eigenvalue weighted by Crippen LogP contribution is 2.28. The molecule has 0 aromatic heterocycles. The van der Waals surface area contributed by atoms with Gasteiger partial charge in [0, 0.05) is 11.6 Å². The maximum Gasteiger partial charge on any atom is 0.195 e. The van der Waals surface area contributed by atoms with Gasteiger partial charge in [0.15, 0.2) is 5.96 Å². The molecular formula is C13H16ClFN4. The summed E-state index contributed by atoms with van der Waals surface area (Å²) in [6.45, 7) is 1.72. The second kappa shape index (κ2) is 5.93. The maximum atomic E-state index is 12.2. The Morgan fingerprint density at radius 1 is 1.53 bits per heavy atom. The Balaban J connectivity index is 2.29. The van der Waals surface area contributed by atoms with Gasteiger partial charge in [-0.1, -0.05) is 23.7 Å². The maximum absolute atomic E-state index is 12.2. The number of aliphatic imine (C=N–C) groups is 1. The first kappa shape index (κ1) is 13.7. The van der Waals surface area contributed by atoms with Crippen molar-refractivity contribution in [3.63, 3.8) is 0 Å². The zero-order valence-corrected chi connectivity index (χ0v) is 11.3. The van der Waals surface area contributed by atoms with Crippen LogP contribution in [-0.2, 0) is 0 Å². The lowest BCUT2D eigenvalue weighted by Crippen LogP contribution is -2.40. The van der Waals surface area contributed by atoms with E-state index in [2.05, 4.69) is 15.6 Å². The molecule has 0 saturated heterocycles. The molecule has 0 bridgehead atoms. The topological polar surface area (TPSA) is 62.4 Å². The minimum atomic E-state index is -0.447. The molecule has 0 saturated carbocycles. The van der Waals surface area contributed by atoms with E-state index in [9.17, 15) is 4.39 Å². The summed E-state index contributed by atoms with van der Waals surface area (Å²) in [7, 11) is 0. The third-order valence-electron chi connectivity index (χ3n) is 2.90. The van der Waals surface area contributed by atoms with Crippen LogP contribution in [0.5, 0.6) is 0 Å². The highest BCUT2D eigenvalue weighted by Gasteiger charge is 2.17. The summed E-state index contributed by atoms with van der Waals surface area (Å²) in [6, 6.07) is 5.45. The molecule has 6 heteroatoms.